The Labute approximate surface area is 126 Å². The first-order chi connectivity index (χ1) is 9.22. The largest absolute Gasteiger partial charge is 0.368 e. The SMILES string of the molecule is CNCCC(=O)N1CCN(C(=O)C2CCCO2)CC1.Cl. The van der Waals surface area contributed by atoms with Crippen molar-refractivity contribution in [2.24, 2.45) is 0 Å². The first-order valence-electron chi connectivity index (χ1n) is 7.05. The van der Waals surface area contributed by atoms with Gasteiger partial charge in [0.25, 0.3) is 5.91 Å². The first kappa shape index (κ1) is 17.2. The molecule has 2 saturated heterocycles. The standard InChI is InChI=1S/C13H23N3O3.ClH/c1-14-5-4-12(17)15-6-8-16(9-7-15)13(18)11-3-2-10-19-11;/h11,14H,2-10H2,1H3;1H. The molecule has 1 unspecified atom stereocenters. The summed E-state index contributed by atoms with van der Waals surface area (Å²) in [5, 5.41) is 2.97. The van der Waals surface area contributed by atoms with Crippen LogP contribution in [0, 0.1) is 0 Å². The second-order valence-corrected chi connectivity index (χ2v) is 5.06. The highest BCUT2D eigenvalue weighted by molar-refractivity contribution is 5.85. The Balaban J connectivity index is 0.00000200. The third kappa shape index (κ3) is 4.33. The number of amides is 2. The lowest BCUT2D eigenvalue weighted by Crippen LogP contribution is -2.53. The van der Waals surface area contributed by atoms with Gasteiger partial charge in [-0.25, -0.2) is 0 Å². The minimum absolute atomic E-state index is 0. The first-order valence-corrected chi connectivity index (χ1v) is 7.05. The lowest BCUT2D eigenvalue weighted by atomic mass is 10.2. The summed E-state index contributed by atoms with van der Waals surface area (Å²) in [5.41, 5.74) is 0. The number of piperazine rings is 1. The number of ether oxygens (including phenoxy) is 1. The fraction of sp³-hybridized carbons (Fsp3) is 0.846. The van der Waals surface area contributed by atoms with Crippen molar-refractivity contribution in [3.05, 3.63) is 0 Å². The number of nitrogens with zero attached hydrogens (tertiary/aromatic N) is 2. The van der Waals surface area contributed by atoms with Gasteiger partial charge in [0.15, 0.2) is 0 Å². The van der Waals surface area contributed by atoms with Gasteiger partial charge in [-0.1, -0.05) is 0 Å². The molecule has 2 rings (SSSR count). The summed E-state index contributed by atoms with van der Waals surface area (Å²) in [4.78, 5) is 27.7. The molecule has 2 amide bonds. The Morgan fingerprint density at radius 3 is 2.40 bits per heavy atom. The number of carbonyl (C=O) groups excluding carboxylic acids is 2. The van der Waals surface area contributed by atoms with E-state index in [1.807, 2.05) is 16.8 Å². The Kier molecular flexibility index (Phi) is 7.26. The molecule has 0 radical (unpaired) electrons. The summed E-state index contributed by atoms with van der Waals surface area (Å²) in [7, 11) is 1.84. The summed E-state index contributed by atoms with van der Waals surface area (Å²) in [6.45, 7) is 3.93. The van der Waals surface area contributed by atoms with E-state index in [9.17, 15) is 9.59 Å². The molecule has 0 aromatic carbocycles. The molecule has 0 bridgehead atoms. The number of nitrogens with one attached hydrogen (secondary N) is 1. The van der Waals surface area contributed by atoms with Crippen molar-refractivity contribution in [3.63, 3.8) is 0 Å². The van der Waals surface area contributed by atoms with Crippen LogP contribution < -0.4 is 5.32 Å². The van der Waals surface area contributed by atoms with Gasteiger partial charge in [-0.15, -0.1) is 12.4 Å². The van der Waals surface area contributed by atoms with Gasteiger partial charge < -0.3 is 19.9 Å². The summed E-state index contributed by atoms with van der Waals surface area (Å²) >= 11 is 0. The number of hydrogen-bond donors (Lipinski definition) is 1. The van der Waals surface area contributed by atoms with E-state index in [4.69, 9.17) is 4.74 Å². The molecule has 6 nitrogen and oxygen atoms in total. The van der Waals surface area contributed by atoms with Gasteiger partial charge in [0.2, 0.25) is 5.91 Å². The highest BCUT2D eigenvalue weighted by Gasteiger charge is 2.31. The zero-order valence-electron chi connectivity index (χ0n) is 12.0. The van der Waals surface area contributed by atoms with Gasteiger partial charge in [-0.2, -0.15) is 0 Å². The van der Waals surface area contributed by atoms with E-state index in [0.717, 1.165) is 12.8 Å². The molecular weight excluding hydrogens is 282 g/mol. The van der Waals surface area contributed by atoms with Crippen LogP contribution in [-0.4, -0.2) is 74.1 Å². The van der Waals surface area contributed by atoms with Crippen molar-refractivity contribution in [2.45, 2.75) is 25.4 Å². The monoisotopic (exact) mass is 305 g/mol. The minimum atomic E-state index is -0.244. The van der Waals surface area contributed by atoms with Gasteiger partial charge in [0.1, 0.15) is 6.10 Å². The highest BCUT2D eigenvalue weighted by Crippen LogP contribution is 2.16. The van der Waals surface area contributed by atoms with Crippen molar-refractivity contribution in [2.75, 3.05) is 46.4 Å². The zero-order valence-corrected chi connectivity index (χ0v) is 12.8. The normalized spacial score (nSPS) is 22.6. The third-order valence-corrected chi connectivity index (χ3v) is 3.74. The molecule has 2 heterocycles. The van der Waals surface area contributed by atoms with Crippen LogP contribution in [0.3, 0.4) is 0 Å². The van der Waals surface area contributed by atoms with Crippen LogP contribution in [0.4, 0.5) is 0 Å². The molecule has 0 aromatic rings. The molecule has 2 aliphatic heterocycles. The Morgan fingerprint density at radius 2 is 1.85 bits per heavy atom. The zero-order chi connectivity index (χ0) is 13.7. The van der Waals surface area contributed by atoms with Gasteiger partial charge in [-0.3, -0.25) is 9.59 Å². The fourth-order valence-electron chi connectivity index (χ4n) is 2.54. The summed E-state index contributed by atoms with van der Waals surface area (Å²) in [6.07, 6.45) is 2.08. The maximum absolute atomic E-state index is 12.1. The molecule has 0 spiro atoms. The molecule has 0 aliphatic carbocycles. The quantitative estimate of drug-likeness (QED) is 0.786. The number of hydrogen-bond acceptors (Lipinski definition) is 4. The van der Waals surface area contributed by atoms with E-state index in [1.165, 1.54) is 0 Å². The Morgan fingerprint density at radius 1 is 1.20 bits per heavy atom. The molecular formula is C13H24ClN3O3. The molecule has 2 fully saturated rings. The van der Waals surface area contributed by atoms with Crippen LogP contribution in [0.2, 0.25) is 0 Å². The molecule has 1 N–H and O–H groups in total. The third-order valence-electron chi connectivity index (χ3n) is 3.74. The van der Waals surface area contributed by atoms with Crippen molar-refractivity contribution in [3.8, 4) is 0 Å². The minimum Gasteiger partial charge on any atom is -0.368 e. The summed E-state index contributed by atoms with van der Waals surface area (Å²) in [6, 6.07) is 0. The van der Waals surface area contributed by atoms with Crippen molar-refractivity contribution in [1.82, 2.24) is 15.1 Å². The van der Waals surface area contributed by atoms with Gasteiger partial charge >= 0.3 is 0 Å². The smallest absolute Gasteiger partial charge is 0.251 e. The topological polar surface area (TPSA) is 61.9 Å². The van der Waals surface area contributed by atoms with E-state index in [0.29, 0.717) is 45.8 Å². The van der Waals surface area contributed by atoms with Crippen LogP contribution in [0.5, 0.6) is 0 Å². The molecule has 2 aliphatic rings. The molecule has 1 atom stereocenters. The van der Waals surface area contributed by atoms with E-state index in [-0.39, 0.29) is 30.3 Å². The van der Waals surface area contributed by atoms with E-state index >= 15 is 0 Å². The van der Waals surface area contributed by atoms with Gasteiger partial charge in [0.05, 0.1) is 0 Å². The Hall–Kier alpha value is -0.850. The lowest BCUT2D eigenvalue weighted by Gasteiger charge is -2.35. The summed E-state index contributed by atoms with van der Waals surface area (Å²) in [5.74, 6) is 0.262. The Bertz CT molecular complexity index is 327. The van der Waals surface area contributed by atoms with E-state index in [2.05, 4.69) is 5.32 Å². The van der Waals surface area contributed by atoms with Crippen molar-refractivity contribution in [1.29, 1.82) is 0 Å². The molecule has 0 aromatic heterocycles. The number of halogens is 1. The van der Waals surface area contributed by atoms with E-state index < -0.39 is 0 Å². The van der Waals surface area contributed by atoms with Gasteiger partial charge in [0, 0.05) is 45.8 Å². The molecule has 116 valence electrons. The van der Waals surface area contributed by atoms with Gasteiger partial charge in [-0.05, 0) is 19.9 Å². The maximum Gasteiger partial charge on any atom is 0.251 e. The predicted molar refractivity (Wildman–Crippen MR) is 77.9 cm³/mol. The van der Waals surface area contributed by atoms with Crippen molar-refractivity contribution < 1.29 is 14.3 Å². The van der Waals surface area contributed by atoms with Crippen LogP contribution in [0.25, 0.3) is 0 Å². The van der Waals surface area contributed by atoms with Crippen LogP contribution >= 0.6 is 12.4 Å². The fourth-order valence-corrected chi connectivity index (χ4v) is 2.54. The van der Waals surface area contributed by atoms with Crippen LogP contribution in [-0.2, 0) is 14.3 Å². The molecule has 7 heteroatoms. The highest BCUT2D eigenvalue weighted by atomic mass is 35.5. The van der Waals surface area contributed by atoms with E-state index in [1.54, 1.807) is 0 Å². The number of rotatable bonds is 4. The van der Waals surface area contributed by atoms with Crippen LogP contribution in [0.1, 0.15) is 19.3 Å². The molecule has 20 heavy (non-hydrogen) atoms. The predicted octanol–water partition coefficient (Wildman–Crippen LogP) is -0.132. The molecule has 0 saturated carbocycles. The average Bonchev–Trinajstić information content (AvgIpc) is 2.98. The maximum atomic E-state index is 12.1. The second-order valence-electron chi connectivity index (χ2n) is 5.06. The lowest BCUT2D eigenvalue weighted by molar-refractivity contribution is -0.145. The number of carbonyl (C=O) groups is 2. The van der Waals surface area contributed by atoms with Crippen molar-refractivity contribution >= 4 is 24.2 Å². The second kappa shape index (κ2) is 8.44. The van der Waals surface area contributed by atoms with Crippen LogP contribution in [0.15, 0.2) is 0 Å². The average molecular weight is 306 g/mol. The summed E-state index contributed by atoms with van der Waals surface area (Å²) < 4.78 is 5.42.